The van der Waals surface area contributed by atoms with Gasteiger partial charge in [-0.3, -0.25) is 0 Å². The Morgan fingerprint density at radius 3 is 2.33 bits per heavy atom. The number of aromatic nitrogens is 2. The highest BCUT2D eigenvalue weighted by molar-refractivity contribution is 9.11. The summed E-state index contributed by atoms with van der Waals surface area (Å²) in [5.74, 6) is 0. The van der Waals surface area contributed by atoms with Gasteiger partial charge in [0.05, 0.1) is 5.52 Å². The van der Waals surface area contributed by atoms with E-state index in [2.05, 4.69) is 84.3 Å². The topological polar surface area (TPSA) is 28.7 Å². The first-order valence-electron chi connectivity index (χ1n) is 6.55. The minimum atomic E-state index is 0.819. The zero-order valence-electron chi connectivity index (χ0n) is 10.9. The molecule has 0 radical (unpaired) electrons. The summed E-state index contributed by atoms with van der Waals surface area (Å²) >= 11 is 6.92. The zero-order valence-corrected chi connectivity index (χ0v) is 14.1. The molecule has 0 aliphatic heterocycles. The summed E-state index contributed by atoms with van der Waals surface area (Å²) in [6.45, 7) is 0. The predicted octanol–water partition coefficient (Wildman–Crippen LogP) is 5.91. The standard InChI is InChI=1S/C17H10Br2N2/c18-15-8-10(9-16(19)21-15)11-5-3-6-13-12-4-1-2-7-14(12)20-17(11)13/h1-9,20H. The SMILES string of the molecule is Brc1cc(-c2cccc3c2[nH]c2ccccc23)cc(Br)n1. The van der Waals surface area contributed by atoms with Gasteiger partial charge in [0.25, 0.3) is 0 Å². The molecule has 0 unspecified atom stereocenters. The summed E-state index contributed by atoms with van der Waals surface area (Å²) in [7, 11) is 0. The zero-order chi connectivity index (χ0) is 14.4. The quantitative estimate of drug-likeness (QED) is 0.394. The first kappa shape index (κ1) is 13.0. The number of hydrogen-bond acceptors (Lipinski definition) is 1. The van der Waals surface area contributed by atoms with Gasteiger partial charge in [-0.1, -0.05) is 36.4 Å². The van der Waals surface area contributed by atoms with Gasteiger partial charge in [-0.2, -0.15) is 0 Å². The van der Waals surface area contributed by atoms with Crippen LogP contribution in [0.3, 0.4) is 0 Å². The number of halogens is 2. The highest BCUT2D eigenvalue weighted by Gasteiger charge is 2.10. The van der Waals surface area contributed by atoms with Crippen molar-refractivity contribution in [3.63, 3.8) is 0 Å². The van der Waals surface area contributed by atoms with Crippen LogP contribution < -0.4 is 0 Å². The summed E-state index contributed by atoms with van der Waals surface area (Å²) in [6, 6.07) is 18.8. The molecule has 0 aliphatic rings. The number of nitrogens with one attached hydrogen (secondary N) is 1. The van der Waals surface area contributed by atoms with Gasteiger partial charge in [-0.25, -0.2) is 4.98 Å². The van der Waals surface area contributed by atoms with E-state index in [0.29, 0.717) is 0 Å². The van der Waals surface area contributed by atoms with Crippen molar-refractivity contribution in [2.45, 2.75) is 0 Å². The second-order valence-electron chi connectivity index (χ2n) is 4.90. The first-order valence-corrected chi connectivity index (χ1v) is 8.14. The fraction of sp³-hybridized carbons (Fsp3) is 0. The third-order valence-corrected chi connectivity index (χ3v) is 4.43. The number of pyridine rings is 1. The predicted molar refractivity (Wildman–Crippen MR) is 94.4 cm³/mol. The molecule has 0 saturated carbocycles. The van der Waals surface area contributed by atoms with E-state index in [-0.39, 0.29) is 0 Å². The minimum Gasteiger partial charge on any atom is -0.354 e. The molecule has 21 heavy (non-hydrogen) atoms. The Labute approximate surface area is 138 Å². The fourth-order valence-corrected chi connectivity index (χ4v) is 3.85. The number of para-hydroxylation sites is 2. The van der Waals surface area contributed by atoms with Crippen LogP contribution in [0.4, 0.5) is 0 Å². The van der Waals surface area contributed by atoms with E-state index in [1.54, 1.807) is 0 Å². The Hall–Kier alpha value is -1.65. The van der Waals surface area contributed by atoms with E-state index < -0.39 is 0 Å². The third-order valence-electron chi connectivity index (χ3n) is 3.62. The van der Waals surface area contributed by atoms with E-state index in [0.717, 1.165) is 25.8 Å². The van der Waals surface area contributed by atoms with Gasteiger partial charge in [0, 0.05) is 21.9 Å². The van der Waals surface area contributed by atoms with Gasteiger partial charge in [-0.15, -0.1) is 0 Å². The molecular weight excluding hydrogens is 392 g/mol. The van der Waals surface area contributed by atoms with Crippen molar-refractivity contribution in [1.29, 1.82) is 0 Å². The maximum Gasteiger partial charge on any atom is 0.108 e. The van der Waals surface area contributed by atoms with Crippen molar-refractivity contribution in [2.75, 3.05) is 0 Å². The molecule has 0 amide bonds. The van der Waals surface area contributed by atoms with Crippen molar-refractivity contribution >= 4 is 53.7 Å². The lowest BCUT2D eigenvalue weighted by Gasteiger charge is -2.05. The van der Waals surface area contributed by atoms with Crippen LogP contribution in [0.1, 0.15) is 0 Å². The summed E-state index contributed by atoms with van der Waals surface area (Å²) in [5.41, 5.74) is 4.62. The second-order valence-corrected chi connectivity index (χ2v) is 6.52. The van der Waals surface area contributed by atoms with Gasteiger partial charge in [0.15, 0.2) is 0 Å². The molecule has 0 aliphatic carbocycles. The molecule has 0 spiro atoms. The lowest BCUT2D eigenvalue weighted by molar-refractivity contribution is 1.23. The van der Waals surface area contributed by atoms with Crippen LogP contribution in [0.5, 0.6) is 0 Å². The molecule has 4 rings (SSSR count). The maximum absolute atomic E-state index is 4.31. The van der Waals surface area contributed by atoms with Crippen LogP contribution in [0.15, 0.2) is 63.8 Å². The smallest absolute Gasteiger partial charge is 0.108 e. The van der Waals surface area contributed by atoms with Crippen molar-refractivity contribution in [3.8, 4) is 11.1 Å². The molecule has 2 nitrogen and oxygen atoms in total. The van der Waals surface area contributed by atoms with Crippen molar-refractivity contribution < 1.29 is 0 Å². The molecule has 2 heterocycles. The van der Waals surface area contributed by atoms with Crippen LogP contribution in [-0.2, 0) is 0 Å². The minimum absolute atomic E-state index is 0.819. The molecule has 102 valence electrons. The Morgan fingerprint density at radius 1 is 0.810 bits per heavy atom. The summed E-state index contributed by atoms with van der Waals surface area (Å²) in [4.78, 5) is 7.84. The number of nitrogens with zero attached hydrogens (tertiary/aromatic N) is 1. The lowest BCUT2D eigenvalue weighted by Crippen LogP contribution is -1.84. The average molecular weight is 402 g/mol. The number of fused-ring (bicyclic) bond motifs is 3. The number of aromatic amines is 1. The van der Waals surface area contributed by atoms with E-state index in [1.165, 1.54) is 16.3 Å². The molecule has 0 saturated heterocycles. The molecule has 1 N–H and O–H groups in total. The molecule has 2 aromatic carbocycles. The van der Waals surface area contributed by atoms with Crippen molar-refractivity contribution in [2.24, 2.45) is 0 Å². The molecule has 0 bridgehead atoms. The highest BCUT2D eigenvalue weighted by Crippen LogP contribution is 2.34. The Bertz CT molecular complexity index is 953. The average Bonchev–Trinajstić information content (AvgIpc) is 2.84. The Balaban J connectivity index is 2.09. The van der Waals surface area contributed by atoms with Crippen LogP contribution in [-0.4, -0.2) is 9.97 Å². The van der Waals surface area contributed by atoms with Crippen LogP contribution in [0, 0.1) is 0 Å². The van der Waals surface area contributed by atoms with Gasteiger partial charge < -0.3 is 4.98 Å². The number of hydrogen-bond donors (Lipinski definition) is 1. The van der Waals surface area contributed by atoms with E-state index in [4.69, 9.17) is 0 Å². The molecule has 0 fully saturated rings. The molecule has 2 aromatic heterocycles. The highest BCUT2D eigenvalue weighted by atomic mass is 79.9. The van der Waals surface area contributed by atoms with Gasteiger partial charge in [0.2, 0.25) is 0 Å². The fourth-order valence-electron chi connectivity index (χ4n) is 2.73. The van der Waals surface area contributed by atoms with Crippen molar-refractivity contribution in [1.82, 2.24) is 9.97 Å². The normalized spacial score (nSPS) is 11.3. The van der Waals surface area contributed by atoms with Crippen molar-refractivity contribution in [3.05, 3.63) is 63.8 Å². The molecule has 4 aromatic rings. The second kappa shape index (κ2) is 4.97. The molecular formula is C17H10Br2N2. The van der Waals surface area contributed by atoms with E-state index in [9.17, 15) is 0 Å². The Morgan fingerprint density at radius 2 is 1.52 bits per heavy atom. The molecule has 0 atom stereocenters. The summed E-state index contributed by atoms with van der Waals surface area (Å²) in [5, 5.41) is 2.49. The third kappa shape index (κ3) is 2.19. The number of benzene rings is 2. The van der Waals surface area contributed by atoms with Gasteiger partial charge in [0.1, 0.15) is 9.21 Å². The Kier molecular flexibility index (Phi) is 3.08. The summed E-state index contributed by atoms with van der Waals surface area (Å²) < 4.78 is 1.64. The number of H-pyrrole nitrogens is 1. The van der Waals surface area contributed by atoms with E-state index >= 15 is 0 Å². The largest absolute Gasteiger partial charge is 0.354 e. The summed E-state index contributed by atoms with van der Waals surface area (Å²) in [6.07, 6.45) is 0. The van der Waals surface area contributed by atoms with Gasteiger partial charge in [-0.05, 0) is 55.6 Å². The molecule has 4 heteroatoms. The van der Waals surface area contributed by atoms with Crippen LogP contribution in [0.25, 0.3) is 32.9 Å². The first-order chi connectivity index (χ1) is 10.2. The lowest BCUT2D eigenvalue weighted by atomic mass is 10.0. The van der Waals surface area contributed by atoms with Gasteiger partial charge >= 0.3 is 0 Å². The van der Waals surface area contributed by atoms with E-state index in [1.807, 2.05) is 12.1 Å². The number of rotatable bonds is 1. The maximum atomic E-state index is 4.31. The van der Waals surface area contributed by atoms with Crippen LogP contribution in [0.2, 0.25) is 0 Å². The van der Waals surface area contributed by atoms with Crippen LogP contribution >= 0.6 is 31.9 Å². The monoisotopic (exact) mass is 400 g/mol.